The predicted octanol–water partition coefficient (Wildman–Crippen LogP) is 0.811. The Bertz CT molecular complexity index is 601. The van der Waals surface area contributed by atoms with Crippen LogP contribution in [0.5, 0.6) is 0 Å². The van der Waals surface area contributed by atoms with Gasteiger partial charge < -0.3 is 4.98 Å². The zero-order valence-corrected chi connectivity index (χ0v) is 9.30. The van der Waals surface area contributed by atoms with Gasteiger partial charge in [-0.3, -0.25) is 0 Å². The minimum atomic E-state index is -3.06. The number of hydrogen-bond donors (Lipinski definition) is 1. The average Bonchev–Trinajstić information content (AvgIpc) is 2.45. The lowest BCUT2D eigenvalue weighted by atomic mass is 10.3. The van der Waals surface area contributed by atoms with E-state index >= 15 is 0 Å². The van der Waals surface area contributed by atoms with E-state index in [4.69, 9.17) is 0 Å². The number of sulfone groups is 1. The third kappa shape index (κ3) is 2.15. The molecular formula is C9H11N3O2S. The predicted molar refractivity (Wildman–Crippen MR) is 57.2 cm³/mol. The first-order valence-corrected chi connectivity index (χ1v) is 6.50. The zero-order valence-electron chi connectivity index (χ0n) is 8.48. The molecule has 2 aromatic heterocycles. The second kappa shape index (κ2) is 3.30. The van der Waals surface area contributed by atoms with E-state index in [2.05, 4.69) is 15.0 Å². The van der Waals surface area contributed by atoms with Gasteiger partial charge >= 0.3 is 0 Å². The number of pyridine rings is 1. The van der Waals surface area contributed by atoms with E-state index in [1.807, 2.05) is 13.0 Å². The Morgan fingerprint density at radius 3 is 2.80 bits per heavy atom. The van der Waals surface area contributed by atoms with Crippen molar-refractivity contribution in [1.82, 2.24) is 15.0 Å². The molecule has 5 nitrogen and oxygen atoms in total. The normalized spacial score (nSPS) is 12.1. The SMILES string of the molecule is Cc1ccnc2nc(CS(C)(=O)=O)[nH]c12. The third-order valence-electron chi connectivity index (χ3n) is 2.05. The third-order valence-corrected chi connectivity index (χ3v) is 2.85. The molecule has 6 heteroatoms. The van der Waals surface area contributed by atoms with Crippen molar-refractivity contribution < 1.29 is 8.42 Å². The van der Waals surface area contributed by atoms with Crippen LogP contribution >= 0.6 is 0 Å². The molecule has 2 rings (SSSR count). The second-order valence-electron chi connectivity index (χ2n) is 3.58. The molecule has 0 unspecified atom stereocenters. The molecule has 0 bridgehead atoms. The fraction of sp³-hybridized carbons (Fsp3) is 0.333. The van der Waals surface area contributed by atoms with Gasteiger partial charge in [0.2, 0.25) is 0 Å². The van der Waals surface area contributed by atoms with Crippen molar-refractivity contribution in [3.63, 3.8) is 0 Å². The Labute approximate surface area is 87.5 Å². The van der Waals surface area contributed by atoms with Crippen LogP contribution in [0, 0.1) is 6.92 Å². The van der Waals surface area contributed by atoms with Crippen LogP contribution in [0.2, 0.25) is 0 Å². The first-order valence-electron chi connectivity index (χ1n) is 4.43. The number of nitrogens with zero attached hydrogens (tertiary/aromatic N) is 2. The van der Waals surface area contributed by atoms with E-state index in [-0.39, 0.29) is 5.75 Å². The van der Waals surface area contributed by atoms with Crippen molar-refractivity contribution in [2.75, 3.05) is 6.26 Å². The monoisotopic (exact) mass is 225 g/mol. The van der Waals surface area contributed by atoms with Crippen molar-refractivity contribution in [1.29, 1.82) is 0 Å². The van der Waals surface area contributed by atoms with E-state index in [9.17, 15) is 8.42 Å². The minimum absolute atomic E-state index is 0.0806. The molecule has 0 amide bonds. The van der Waals surface area contributed by atoms with E-state index in [1.165, 1.54) is 6.26 Å². The quantitative estimate of drug-likeness (QED) is 0.820. The molecule has 15 heavy (non-hydrogen) atoms. The molecular weight excluding hydrogens is 214 g/mol. The first kappa shape index (κ1) is 10.1. The minimum Gasteiger partial charge on any atom is -0.340 e. The van der Waals surface area contributed by atoms with Crippen LogP contribution in [-0.4, -0.2) is 29.6 Å². The van der Waals surface area contributed by atoms with Crippen LogP contribution in [0.1, 0.15) is 11.4 Å². The van der Waals surface area contributed by atoms with Gasteiger partial charge in [-0.15, -0.1) is 0 Å². The molecule has 0 saturated carbocycles. The molecule has 2 aromatic rings. The number of H-pyrrole nitrogens is 1. The number of hydrogen-bond acceptors (Lipinski definition) is 4. The molecule has 0 aliphatic heterocycles. The summed E-state index contributed by atoms with van der Waals surface area (Å²) in [5.41, 5.74) is 2.37. The summed E-state index contributed by atoms with van der Waals surface area (Å²) in [6, 6.07) is 1.85. The van der Waals surface area contributed by atoms with Gasteiger partial charge in [-0.1, -0.05) is 0 Å². The number of fused-ring (bicyclic) bond motifs is 1. The smallest absolute Gasteiger partial charge is 0.177 e. The molecule has 2 heterocycles. The average molecular weight is 225 g/mol. The van der Waals surface area contributed by atoms with Crippen LogP contribution < -0.4 is 0 Å². The van der Waals surface area contributed by atoms with Crippen molar-refractivity contribution >= 4 is 21.0 Å². The summed E-state index contributed by atoms with van der Waals surface area (Å²) in [7, 11) is -3.06. The Morgan fingerprint density at radius 1 is 1.47 bits per heavy atom. The number of aromatic nitrogens is 3. The molecule has 0 spiro atoms. The Morgan fingerprint density at radius 2 is 2.20 bits per heavy atom. The van der Waals surface area contributed by atoms with E-state index in [1.54, 1.807) is 6.20 Å². The van der Waals surface area contributed by atoms with Gasteiger partial charge in [0.1, 0.15) is 11.6 Å². The summed E-state index contributed by atoms with van der Waals surface area (Å²) < 4.78 is 22.2. The Balaban J connectivity index is 2.53. The van der Waals surface area contributed by atoms with Gasteiger partial charge in [-0.25, -0.2) is 18.4 Å². The lowest BCUT2D eigenvalue weighted by molar-refractivity contribution is 0.600. The molecule has 0 saturated heterocycles. The second-order valence-corrected chi connectivity index (χ2v) is 5.72. The molecule has 1 N–H and O–H groups in total. The van der Waals surface area contributed by atoms with Crippen LogP contribution in [0.15, 0.2) is 12.3 Å². The topological polar surface area (TPSA) is 75.7 Å². The Kier molecular flexibility index (Phi) is 2.22. The maximum atomic E-state index is 11.1. The molecule has 80 valence electrons. The van der Waals surface area contributed by atoms with E-state index < -0.39 is 9.84 Å². The largest absolute Gasteiger partial charge is 0.340 e. The summed E-state index contributed by atoms with van der Waals surface area (Å²) in [6.45, 7) is 1.92. The highest BCUT2D eigenvalue weighted by Gasteiger charge is 2.10. The van der Waals surface area contributed by atoms with Crippen molar-refractivity contribution in [2.24, 2.45) is 0 Å². The van der Waals surface area contributed by atoms with Crippen LogP contribution in [0.25, 0.3) is 11.2 Å². The van der Waals surface area contributed by atoms with Crippen LogP contribution in [0.4, 0.5) is 0 Å². The van der Waals surface area contributed by atoms with Gasteiger partial charge in [0, 0.05) is 12.5 Å². The van der Waals surface area contributed by atoms with Gasteiger partial charge in [-0.05, 0) is 18.6 Å². The van der Waals surface area contributed by atoms with E-state index in [0.29, 0.717) is 11.5 Å². The van der Waals surface area contributed by atoms with Crippen molar-refractivity contribution in [3.05, 3.63) is 23.7 Å². The fourth-order valence-corrected chi connectivity index (χ4v) is 2.03. The Hall–Kier alpha value is -1.43. The lowest BCUT2D eigenvalue weighted by Crippen LogP contribution is -2.02. The fourth-order valence-electron chi connectivity index (χ4n) is 1.40. The molecule has 0 aliphatic rings. The first-order chi connectivity index (χ1) is 6.96. The number of imidazole rings is 1. The maximum Gasteiger partial charge on any atom is 0.177 e. The molecule has 0 radical (unpaired) electrons. The summed E-state index contributed by atoms with van der Waals surface area (Å²) in [5.74, 6) is 0.359. The summed E-state index contributed by atoms with van der Waals surface area (Å²) in [6.07, 6.45) is 2.84. The molecule has 0 fully saturated rings. The molecule has 0 aromatic carbocycles. The van der Waals surface area contributed by atoms with E-state index in [0.717, 1.165) is 11.1 Å². The van der Waals surface area contributed by atoms with Gasteiger partial charge in [0.15, 0.2) is 15.5 Å². The standard InChI is InChI=1S/C9H11N3O2S/c1-6-3-4-10-9-8(6)11-7(12-9)5-15(2,13)14/h3-4H,5H2,1-2H3,(H,10,11,12). The highest BCUT2D eigenvalue weighted by atomic mass is 32.2. The summed E-state index contributed by atoms with van der Waals surface area (Å²) in [5, 5.41) is 0. The van der Waals surface area contributed by atoms with Gasteiger partial charge in [-0.2, -0.15) is 0 Å². The number of rotatable bonds is 2. The zero-order chi connectivity index (χ0) is 11.1. The van der Waals surface area contributed by atoms with Gasteiger partial charge in [0.05, 0.1) is 5.52 Å². The van der Waals surface area contributed by atoms with Crippen molar-refractivity contribution in [3.8, 4) is 0 Å². The maximum absolute atomic E-state index is 11.1. The molecule has 0 aliphatic carbocycles. The highest BCUT2D eigenvalue weighted by molar-refractivity contribution is 7.89. The number of aromatic amines is 1. The summed E-state index contributed by atoms with van der Waals surface area (Å²) in [4.78, 5) is 11.1. The molecule has 0 atom stereocenters. The summed E-state index contributed by atoms with van der Waals surface area (Å²) >= 11 is 0. The van der Waals surface area contributed by atoms with Crippen LogP contribution in [0.3, 0.4) is 0 Å². The lowest BCUT2D eigenvalue weighted by Gasteiger charge is -1.92. The number of aryl methyl sites for hydroxylation is 1. The van der Waals surface area contributed by atoms with Gasteiger partial charge in [0.25, 0.3) is 0 Å². The highest BCUT2D eigenvalue weighted by Crippen LogP contribution is 2.13. The van der Waals surface area contributed by atoms with Crippen LogP contribution in [-0.2, 0) is 15.6 Å². The number of nitrogens with one attached hydrogen (secondary N) is 1. The van der Waals surface area contributed by atoms with Crippen molar-refractivity contribution in [2.45, 2.75) is 12.7 Å².